The number of rotatable bonds is 0. The Morgan fingerprint density at radius 2 is 0.800 bits per heavy atom. The first-order valence-corrected chi connectivity index (χ1v) is 0.561. The second kappa shape index (κ2) is 4220. The minimum absolute atomic E-state index is 0. The van der Waals surface area contributed by atoms with Crippen LogP contribution >= 0.6 is 0 Å². The Bertz CT molecular complexity index is 6.85. The first-order chi connectivity index (χ1) is 1.00. The Hall–Kier alpha value is 0.0965. The van der Waals surface area contributed by atoms with Crippen molar-refractivity contribution in [3.05, 3.63) is 0 Å². The second-order valence-corrected chi connectivity index (χ2v) is 0. The van der Waals surface area contributed by atoms with E-state index in [0.717, 1.165) is 0 Å². The summed E-state index contributed by atoms with van der Waals surface area (Å²) in [5, 5.41) is 0. The molecule has 5 heavy (non-hydrogen) atoms. The quantitative estimate of drug-likeness (QED) is 0.467. The average molecular weight is 135 g/mol. The number of hydrogen-bond donors (Lipinski definition) is 0. The molecule has 0 radical (unpaired) electrons. The molecule has 0 unspecified atom stereocenters. The van der Waals surface area contributed by atoms with Crippen LogP contribution in [0.15, 0.2) is 0 Å². The Morgan fingerprint density at radius 1 is 0.800 bits per heavy atom. The Morgan fingerprint density at radius 3 is 0.800 bits per heavy atom. The molecule has 0 amide bonds. The average Bonchev–Trinajstić information content (AvgIpc) is 1.00. The monoisotopic (exact) mass is 135 g/mol. The van der Waals surface area contributed by atoms with Gasteiger partial charge in [-0.15, -0.1) is 0 Å². The molecule has 0 atom stereocenters. The summed E-state index contributed by atoms with van der Waals surface area (Å²) in [6.45, 7) is 0. The third-order valence-corrected chi connectivity index (χ3v) is 0. The van der Waals surface area contributed by atoms with Crippen LogP contribution in [0.2, 0.25) is 0 Å². The SMILES string of the molecule is F.F.F.[O]=[Co]. The van der Waals surface area contributed by atoms with Gasteiger partial charge in [-0.05, 0) is 0 Å². The molecule has 1 nitrogen and oxygen atoms in total. The molecule has 0 saturated carbocycles. The Labute approximate surface area is 34.6 Å². The van der Waals surface area contributed by atoms with Crippen LogP contribution < -0.4 is 0 Å². The van der Waals surface area contributed by atoms with Crippen LogP contribution in [-0.2, 0) is 19.5 Å². The van der Waals surface area contributed by atoms with E-state index in [9.17, 15) is 0 Å². The standard InChI is InChI=1S/Co.3FH.O/h;3*1H;. The molecular formula is H3CoF3O. The molecule has 0 aromatic heterocycles. The minimum atomic E-state index is 0. The predicted molar refractivity (Wildman–Crippen MR) is 8.20 cm³/mol. The van der Waals surface area contributed by atoms with Crippen LogP contribution in [0.1, 0.15) is 0 Å². The summed E-state index contributed by atoms with van der Waals surface area (Å²) in [5.74, 6) is 0. The van der Waals surface area contributed by atoms with Crippen molar-refractivity contribution in [1.29, 1.82) is 0 Å². The molecule has 0 aliphatic rings. The van der Waals surface area contributed by atoms with Crippen LogP contribution in [0.3, 0.4) is 0 Å². The van der Waals surface area contributed by atoms with E-state index >= 15 is 0 Å². The van der Waals surface area contributed by atoms with Gasteiger partial charge in [-0.3, -0.25) is 14.1 Å². The van der Waals surface area contributed by atoms with E-state index in [1.54, 1.807) is 0 Å². The molecule has 0 N–H and O–H groups in total. The summed E-state index contributed by atoms with van der Waals surface area (Å²) in [6, 6.07) is 0. The van der Waals surface area contributed by atoms with Crippen molar-refractivity contribution in [2.75, 3.05) is 0 Å². The van der Waals surface area contributed by atoms with Gasteiger partial charge in [0.1, 0.15) is 0 Å². The number of hydrogen-bond acceptors (Lipinski definition) is 1. The molecule has 0 aromatic rings. The van der Waals surface area contributed by atoms with Crippen molar-refractivity contribution >= 4 is 0 Å². The van der Waals surface area contributed by atoms with Crippen LogP contribution in [0, 0.1) is 0 Å². The molecule has 0 fully saturated rings. The first-order valence-electron chi connectivity index (χ1n) is 0.136. The van der Waals surface area contributed by atoms with Gasteiger partial charge in [0.2, 0.25) is 0 Å². The van der Waals surface area contributed by atoms with Gasteiger partial charge in [0.05, 0.1) is 0 Å². The van der Waals surface area contributed by atoms with Crippen molar-refractivity contribution in [1.82, 2.24) is 0 Å². The van der Waals surface area contributed by atoms with Crippen molar-refractivity contribution in [2.45, 2.75) is 0 Å². The Kier molecular flexibility index (Phi) is 60000. The third-order valence-electron chi connectivity index (χ3n) is 0. The summed E-state index contributed by atoms with van der Waals surface area (Å²) in [5.41, 5.74) is 0. The molecular weight excluding hydrogens is 132 g/mol. The van der Waals surface area contributed by atoms with Crippen molar-refractivity contribution in [3.8, 4) is 0 Å². The van der Waals surface area contributed by atoms with Gasteiger partial charge in [-0.1, -0.05) is 0 Å². The molecule has 0 heterocycles. The number of halogens is 3. The normalized spacial score (nSPS) is 1.00. The van der Waals surface area contributed by atoms with Crippen molar-refractivity contribution in [3.63, 3.8) is 0 Å². The van der Waals surface area contributed by atoms with E-state index in [-0.39, 0.29) is 14.1 Å². The fourth-order valence-corrected chi connectivity index (χ4v) is 0. The van der Waals surface area contributed by atoms with Gasteiger partial charge in [0, 0.05) is 0 Å². The van der Waals surface area contributed by atoms with Gasteiger partial charge in [-0.2, -0.15) is 0 Å². The molecule has 0 spiro atoms. The van der Waals surface area contributed by atoms with Crippen molar-refractivity contribution < 1.29 is 33.6 Å². The van der Waals surface area contributed by atoms with E-state index in [2.05, 4.69) is 15.7 Å². The maximum absolute atomic E-state index is 7.94. The van der Waals surface area contributed by atoms with E-state index in [1.807, 2.05) is 0 Å². The first kappa shape index (κ1) is 71.1. The zero-order chi connectivity index (χ0) is 2.00. The summed E-state index contributed by atoms with van der Waals surface area (Å²) < 4.78 is 7.94. The summed E-state index contributed by atoms with van der Waals surface area (Å²) >= 11 is 2.31. The van der Waals surface area contributed by atoms with E-state index in [1.165, 1.54) is 0 Å². The predicted octanol–water partition coefficient (Wildman–Crippen LogP) is 0.336. The molecule has 0 rings (SSSR count). The Balaban J connectivity index is -0.00000000167. The van der Waals surface area contributed by atoms with E-state index in [0.29, 0.717) is 0 Å². The van der Waals surface area contributed by atoms with Gasteiger partial charge < -0.3 is 0 Å². The van der Waals surface area contributed by atoms with Crippen LogP contribution in [0.25, 0.3) is 0 Å². The molecule has 0 aliphatic carbocycles. The van der Waals surface area contributed by atoms with Crippen molar-refractivity contribution in [2.24, 2.45) is 0 Å². The molecule has 0 aliphatic heterocycles. The van der Waals surface area contributed by atoms with E-state index < -0.39 is 0 Å². The van der Waals surface area contributed by atoms with Crippen LogP contribution in [0.4, 0.5) is 14.1 Å². The molecule has 0 saturated heterocycles. The van der Waals surface area contributed by atoms with Crippen LogP contribution in [0.5, 0.6) is 0 Å². The maximum atomic E-state index is 7.94. The molecule has 0 bridgehead atoms. The van der Waals surface area contributed by atoms with Gasteiger partial charge in [-0.25, -0.2) is 0 Å². The third kappa shape index (κ3) is 1930. The van der Waals surface area contributed by atoms with Gasteiger partial charge >= 0.3 is 19.5 Å². The second-order valence-electron chi connectivity index (χ2n) is 0. The zero-order valence-corrected chi connectivity index (χ0v) is 3.01. The van der Waals surface area contributed by atoms with Crippen LogP contribution in [-0.4, -0.2) is 0 Å². The summed E-state index contributed by atoms with van der Waals surface area (Å²) in [7, 11) is 0. The molecule has 39 valence electrons. The summed E-state index contributed by atoms with van der Waals surface area (Å²) in [4.78, 5) is 0. The van der Waals surface area contributed by atoms with Gasteiger partial charge in [0.25, 0.3) is 0 Å². The summed E-state index contributed by atoms with van der Waals surface area (Å²) in [6.07, 6.45) is 0. The molecule has 0 aromatic carbocycles. The van der Waals surface area contributed by atoms with E-state index in [4.69, 9.17) is 3.87 Å². The van der Waals surface area contributed by atoms with Gasteiger partial charge in [0.15, 0.2) is 0 Å². The molecule has 5 heteroatoms. The zero-order valence-electron chi connectivity index (χ0n) is 1.97. The topological polar surface area (TPSA) is 17.1 Å². The fourth-order valence-electron chi connectivity index (χ4n) is 0. The fraction of sp³-hybridized carbons (Fsp3) is 0.